The molecule has 0 saturated carbocycles. The first kappa shape index (κ1) is 17.9. The SMILES string of the molecule is CC(OC(=O)C1CCN(c2ccc3nnnn3n2)CC1)c1nc2ccccc2s1. The number of nitrogens with zero attached hydrogens (tertiary/aromatic N) is 7. The molecule has 1 unspecified atom stereocenters. The molecule has 0 spiro atoms. The van der Waals surface area contributed by atoms with Crippen LogP contribution in [0.25, 0.3) is 15.9 Å². The number of tetrazole rings is 1. The van der Waals surface area contributed by atoms with Crippen LogP contribution in [0.4, 0.5) is 5.82 Å². The second kappa shape index (κ2) is 7.36. The van der Waals surface area contributed by atoms with Crippen LogP contribution >= 0.6 is 11.3 Å². The number of para-hydroxylation sites is 1. The number of carbonyl (C=O) groups excluding carboxylic acids is 1. The number of hydrogen-bond donors (Lipinski definition) is 0. The Morgan fingerprint density at radius 1 is 1.21 bits per heavy atom. The normalized spacial score (nSPS) is 16.4. The number of thiazole rings is 1. The third-order valence-electron chi connectivity index (χ3n) is 5.16. The van der Waals surface area contributed by atoms with Gasteiger partial charge in [-0.3, -0.25) is 4.79 Å². The van der Waals surface area contributed by atoms with Crippen molar-refractivity contribution in [2.75, 3.05) is 18.0 Å². The number of ether oxygens (including phenoxy) is 1. The maximum atomic E-state index is 12.7. The second-order valence-electron chi connectivity index (χ2n) is 7.08. The van der Waals surface area contributed by atoms with Crippen molar-refractivity contribution in [3.63, 3.8) is 0 Å². The first-order valence-electron chi connectivity index (χ1n) is 9.54. The molecule has 4 aromatic rings. The zero-order chi connectivity index (χ0) is 19.8. The van der Waals surface area contributed by atoms with Crippen molar-refractivity contribution in [2.24, 2.45) is 5.92 Å². The van der Waals surface area contributed by atoms with Gasteiger partial charge in [-0.2, -0.15) is 0 Å². The molecule has 1 saturated heterocycles. The van der Waals surface area contributed by atoms with Crippen LogP contribution in [0, 0.1) is 5.92 Å². The first-order chi connectivity index (χ1) is 14.2. The summed E-state index contributed by atoms with van der Waals surface area (Å²) >= 11 is 1.57. The number of fused-ring (bicyclic) bond motifs is 2. The number of esters is 1. The third kappa shape index (κ3) is 3.51. The van der Waals surface area contributed by atoms with Crippen LogP contribution in [0.1, 0.15) is 30.9 Å². The smallest absolute Gasteiger partial charge is 0.309 e. The molecule has 3 aromatic heterocycles. The number of rotatable bonds is 4. The van der Waals surface area contributed by atoms with Crippen LogP contribution in [-0.2, 0) is 9.53 Å². The van der Waals surface area contributed by atoms with E-state index in [1.807, 2.05) is 43.3 Å². The van der Waals surface area contributed by atoms with E-state index in [1.165, 1.54) is 4.63 Å². The highest BCUT2D eigenvalue weighted by atomic mass is 32.1. The fraction of sp³-hybridized carbons (Fsp3) is 0.368. The summed E-state index contributed by atoms with van der Waals surface area (Å²) in [4.78, 5) is 19.4. The van der Waals surface area contributed by atoms with Crippen LogP contribution in [0.3, 0.4) is 0 Å². The molecular formula is C19H19N7O2S. The van der Waals surface area contributed by atoms with Gasteiger partial charge in [0.25, 0.3) is 0 Å². The van der Waals surface area contributed by atoms with Crippen LogP contribution in [-0.4, -0.2) is 49.3 Å². The zero-order valence-electron chi connectivity index (χ0n) is 15.8. The lowest BCUT2D eigenvalue weighted by Gasteiger charge is -2.31. The molecule has 4 heterocycles. The van der Waals surface area contributed by atoms with E-state index in [2.05, 4.69) is 30.5 Å². The summed E-state index contributed by atoms with van der Waals surface area (Å²) in [6, 6.07) is 11.7. The summed E-state index contributed by atoms with van der Waals surface area (Å²) in [6.07, 6.45) is 1.10. The van der Waals surface area contributed by atoms with Gasteiger partial charge in [0.05, 0.1) is 16.1 Å². The van der Waals surface area contributed by atoms with Crippen LogP contribution in [0.2, 0.25) is 0 Å². The van der Waals surface area contributed by atoms with Gasteiger partial charge in [-0.1, -0.05) is 12.1 Å². The summed E-state index contributed by atoms with van der Waals surface area (Å²) in [5, 5.41) is 16.6. The number of anilines is 1. The number of hydrogen-bond acceptors (Lipinski definition) is 9. The van der Waals surface area contributed by atoms with Gasteiger partial charge in [0.2, 0.25) is 0 Å². The van der Waals surface area contributed by atoms with Gasteiger partial charge in [0, 0.05) is 13.1 Å². The fourth-order valence-electron chi connectivity index (χ4n) is 3.54. The zero-order valence-corrected chi connectivity index (χ0v) is 16.6. The molecule has 1 aliphatic rings. The minimum atomic E-state index is -0.346. The molecular weight excluding hydrogens is 390 g/mol. The van der Waals surface area contributed by atoms with Crippen molar-refractivity contribution in [1.82, 2.24) is 30.2 Å². The Bertz CT molecular complexity index is 1130. The summed E-state index contributed by atoms with van der Waals surface area (Å²) in [5.41, 5.74) is 1.55. The monoisotopic (exact) mass is 409 g/mol. The van der Waals surface area contributed by atoms with Gasteiger partial charge < -0.3 is 9.64 Å². The molecule has 0 bridgehead atoms. The molecule has 1 atom stereocenters. The predicted octanol–water partition coefficient (Wildman–Crippen LogP) is 2.65. The van der Waals surface area contributed by atoms with Crippen molar-refractivity contribution >= 4 is 39.0 Å². The molecule has 5 rings (SSSR count). The number of carbonyl (C=O) groups is 1. The van der Waals surface area contributed by atoms with Crippen molar-refractivity contribution < 1.29 is 9.53 Å². The predicted molar refractivity (Wildman–Crippen MR) is 108 cm³/mol. The van der Waals surface area contributed by atoms with E-state index >= 15 is 0 Å². The van der Waals surface area contributed by atoms with E-state index in [-0.39, 0.29) is 18.0 Å². The average Bonchev–Trinajstić information content (AvgIpc) is 3.40. The Hall–Kier alpha value is -3.14. The van der Waals surface area contributed by atoms with E-state index in [0.717, 1.165) is 47.0 Å². The maximum absolute atomic E-state index is 12.7. The molecule has 148 valence electrons. The Labute approximate surface area is 170 Å². The van der Waals surface area contributed by atoms with Crippen molar-refractivity contribution in [2.45, 2.75) is 25.9 Å². The summed E-state index contributed by atoms with van der Waals surface area (Å²) < 4.78 is 8.25. The van der Waals surface area contributed by atoms with Crippen molar-refractivity contribution in [3.8, 4) is 0 Å². The van der Waals surface area contributed by atoms with Crippen LogP contribution in [0.5, 0.6) is 0 Å². The lowest BCUT2D eigenvalue weighted by molar-refractivity contribution is -0.154. The minimum Gasteiger partial charge on any atom is -0.455 e. The third-order valence-corrected chi connectivity index (χ3v) is 6.36. The highest BCUT2D eigenvalue weighted by Crippen LogP contribution is 2.30. The van der Waals surface area contributed by atoms with Gasteiger partial charge in [-0.05, 0) is 54.5 Å². The maximum Gasteiger partial charge on any atom is 0.309 e. The number of benzene rings is 1. The van der Waals surface area contributed by atoms with E-state index in [1.54, 1.807) is 11.3 Å². The van der Waals surface area contributed by atoms with E-state index < -0.39 is 0 Å². The molecule has 1 aromatic carbocycles. The molecule has 0 amide bonds. The molecule has 29 heavy (non-hydrogen) atoms. The topological polar surface area (TPSA) is 98.4 Å². The Morgan fingerprint density at radius 2 is 2.03 bits per heavy atom. The Balaban J connectivity index is 1.20. The lowest BCUT2D eigenvalue weighted by Crippen LogP contribution is -2.37. The second-order valence-corrected chi connectivity index (χ2v) is 8.14. The van der Waals surface area contributed by atoms with E-state index in [9.17, 15) is 4.79 Å². The van der Waals surface area contributed by atoms with Gasteiger partial charge >= 0.3 is 5.97 Å². The quantitative estimate of drug-likeness (QED) is 0.475. The summed E-state index contributed by atoms with van der Waals surface area (Å²) in [6.45, 7) is 3.35. The molecule has 0 aliphatic carbocycles. The lowest BCUT2D eigenvalue weighted by atomic mass is 9.97. The Morgan fingerprint density at radius 3 is 2.86 bits per heavy atom. The van der Waals surface area contributed by atoms with Crippen LogP contribution < -0.4 is 4.90 Å². The molecule has 0 radical (unpaired) electrons. The minimum absolute atomic E-state index is 0.111. The Kier molecular flexibility index (Phi) is 4.55. The van der Waals surface area contributed by atoms with E-state index in [0.29, 0.717) is 5.65 Å². The number of piperidine rings is 1. The van der Waals surface area contributed by atoms with Crippen molar-refractivity contribution in [1.29, 1.82) is 0 Å². The first-order valence-corrected chi connectivity index (χ1v) is 10.4. The average molecular weight is 409 g/mol. The molecule has 0 N–H and O–H groups in total. The standard InChI is InChI=1S/C19H19N7O2S/c1-12(18-20-14-4-2-3-5-15(14)29-18)28-19(27)13-8-10-25(11-9-13)17-7-6-16-21-23-24-26(16)22-17/h2-7,12-13H,8-11H2,1H3. The molecule has 1 aliphatic heterocycles. The van der Waals surface area contributed by atoms with Gasteiger partial charge in [-0.15, -0.1) is 26.2 Å². The molecule has 9 nitrogen and oxygen atoms in total. The molecule has 10 heteroatoms. The largest absolute Gasteiger partial charge is 0.455 e. The highest BCUT2D eigenvalue weighted by molar-refractivity contribution is 7.18. The highest BCUT2D eigenvalue weighted by Gasteiger charge is 2.29. The van der Waals surface area contributed by atoms with Crippen LogP contribution in [0.15, 0.2) is 36.4 Å². The fourth-order valence-corrected chi connectivity index (χ4v) is 4.49. The molecule has 1 fully saturated rings. The van der Waals surface area contributed by atoms with Gasteiger partial charge in [-0.25, -0.2) is 4.98 Å². The van der Waals surface area contributed by atoms with Crippen molar-refractivity contribution in [3.05, 3.63) is 41.4 Å². The van der Waals surface area contributed by atoms with Gasteiger partial charge in [0.15, 0.2) is 17.6 Å². The van der Waals surface area contributed by atoms with Gasteiger partial charge in [0.1, 0.15) is 5.01 Å². The summed E-state index contributed by atoms with van der Waals surface area (Å²) in [5.74, 6) is 0.541. The summed E-state index contributed by atoms with van der Waals surface area (Å²) in [7, 11) is 0. The van der Waals surface area contributed by atoms with E-state index in [4.69, 9.17) is 4.74 Å². The number of aromatic nitrogens is 6.